The molecule has 0 bridgehead atoms. The van der Waals surface area contributed by atoms with Gasteiger partial charge in [0.15, 0.2) is 0 Å². The van der Waals surface area contributed by atoms with Crippen LogP contribution in [0, 0.1) is 5.92 Å². The van der Waals surface area contributed by atoms with E-state index < -0.39 is 0 Å². The van der Waals surface area contributed by atoms with Crippen molar-refractivity contribution in [1.82, 2.24) is 10.3 Å². The highest BCUT2D eigenvalue weighted by molar-refractivity contribution is 5.08. The summed E-state index contributed by atoms with van der Waals surface area (Å²) in [5.74, 6) is 0.910. The van der Waals surface area contributed by atoms with E-state index in [0.717, 1.165) is 18.9 Å². The summed E-state index contributed by atoms with van der Waals surface area (Å²) in [5, 5.41) is 3.76. The highest BCUT2D eigenvalue weighted by atomic mass is 14.9. The molecular weight excluding hydrogens is 220 g/mol. The van der Waals surface area contributed by atoms with Crippen molar-refractivity contribution in [3.63, 3.8) is 0 Å². The van der Waals surface area contributed by atoms with Gasteiger partial charge >= 0.3 is 0 Å². The lowest BCUT2D eigenvalue weighted by Gasteiger charge is -2.24. The van der Waals surface area contributed by atoms with Crippen molar-refractivity contribution < 1.29 is 0 Å². The number of aryl methyl sites for hydroxylation is 1. The number of nitrogens with zero attached hydrogens (tertiary/aromatic N) is 1. The average Bonchev–Trinajstić information content (AvgIpc) is 2.94. The fourth-order valence-electron chi connectivity index (χ4n) is 3.06. The summed E-state index contributed by atoms with van der Waals surface area (Å²) < 4.78 is 0. The summed E-state index contributed by atoms with van der Waals surface area (Å²) in [6, 6.07) is 4.95. The number of pyridine rings is 1. The van der Waals surface area contributed by atoms with E-state index in [1.54, 1.807) is 0 Å². The number of hydrogen-bond donors (Lipinski definition) is 1. The largest absolute Gasteiger partial charge is 0.314 e. The van der Waals surface area contributed by atoms with Gasteiger partial charge in [0.25, 0.3) is 0 Å². The highest BCUT2D eigenvalue weighted by Crippen LogP contribution is 2.29. The molecule has 2 nitrogen and oxygen atoms in total. The molecule has 2 rings (SSSR count). The van der Waals surface area contributed by atoms with Crippen LogP contribution in [0.4, 0.5) is 0 Å². The van der Waals surface area contributed by atoms with Crippen molar-refractivity contribution in [2.45, 2.75) is 57.9 Å². The Kier molecular flexibility index (Phi) is 5.66. The van der Waals surface area contributed by atoms with Crippen LogP contribution in [0.15, 0.2) is 24.5 Å². The van der Waals surface area contributed by atoms with Crippen LogP contribution < -0.4 is 5.32 Å². The Bertz CT molecular complexity index is 317. The second-order valence-electron chi connectivity index (χ2n) is 5.51. The summed E-state index contributed by atoms with van der Waals surface area (Å²) in [6.07, 6.45) is 13.2. The van der Waals surface area contributed by atoms with Crippen LogP contribution in [-0.4, -0.2) is 17.6 Å². The Morgan fingerprint density at radius 3 is 2.89 bits per heavy atom. The number of rotatable bonds is 7. The molecule has 18 heavy (non-hydrogen) atoms. The normalized spacial score (nSPS) is 18.1. The molecule has 1 heterocycles. The van der Waals surface area contributed by atoms with Crippen LogP contribution >= 0.6 is 0 Å². The monoisotopic (exact) mass is 246 g/mol. The van der Waals surface area contributed by atoms with Gasteiger partial charge in [-0.05, 0) is 56.2 Å². The molecule has 1 N–H and O–H groups in total. The van der Waals surface area contributed by atoms with E-state index in [1.807, 2.05) is 18.5 Å². The summed E-state index contributed by atoms with van der Waals surface area (Å²) in [7, 11) is 0. The molecule has 1 aromatic rings. The summed E-state index contributed by atoms with van der Waals surface area (Å²) in [4.78, 5) is 4.20. The minimum atomic E-state index is 0.715. The third-order valence-corrected chi connectivity index (χ3v) is 4.09. The molecule has 1 unspecified atom stereocenters. The van der Waals surface area contributed by atoms with Crippen molar-refractivity contribution in [1.29, 1.82) is 0 Å². The van der Waals surface area contributed by atoms with Gasteiger partial charge in [-0.2, -0.15) is 0 Å². The summed E-state index contributed by atoms with van der Waals surface area (Å²) in [5.41, 5.74) is 1.37. The van der Waals surface area contributed by atoms with E-state index in [0.29, 0.717) is 6.04 Å². The first kappa shape index (κ1) is 13.5. The molecule has 0 aromatic carbocycles. The Morgan fingerprint density at radius 2 is 2.22 bits per heavy atom. The second kappa shape index (κ2) is 7.52. The van der Waals surface area contributed by atoms with Gasteiger partial charge in [0.1, 0.15) is 0 Å². The minimum Gasteiger partial charge on any atom is -0.314 e. The average molecular weight is 246 g/mol. The molecule has 0 saturated heterocycles. The van der Waals surface area contributed by atoms with E-state index in [9.17, 15) is 0 Å². The van der Waals surface area contributed by atoms with Gasteiger partial charge in [-0.15, -0.1) is 0 Å². The van der Waals surface area contributed by atoms with E-state index in [-0.39, 0.29) is 0 Å². The van der Waals surface area contributed by atoms with E-state index in [4.69, 9.17) is 0 Å². The Labute approximate surface area is 111 Å². The van der Waals surface area contributed by atoms with Crippen LogP contribution in [-0.2, 0) is 6.42 Å². The maximum Gasteiger partial charge on any atom is 0.0299 e. The summed E-state index contributed by atoms with van der Waals surface area (Å²) >= 11 is 0. The fourth-order valence-corrected chi connectivity index (χ4v) is 3.06. The quantitative estimate of drug-likeness (QED) is 0.795. The van der Waals surface area contributed by atoms with Crippen LogP contribution in [0.25, 0.3) is 0 Å². The smallest absolute Gasteiger partial charge is 0.0299 e. The Balaban J connectivity index is 1.84. The lowest BCUT2D eigenvalue weighted by molar-refractivity contribution is 0.341. The predicted octanol–water partition coefficient (Wildman–Crippen LogP) is 3.57. The zero-order chi connectivity index (χ0) is 12.6. The van der Waals surface area contributed by atoms with Gasteiger partial charge in [0.05, 0.1) is 0 Å². The molecule has 1 aliphatic rings. The molecule has 1 aliphatic carbocycles. The first-order chi connectivity index (χ1) is 8.90. The van der Waals surface area contributed by atoms with Crippen LogP contribution in [0.5, 0.6) is 0 Å². The zero-order valence-corrected chi connectivity index (χ0v) is 11.6. The molecule has 1 atom stereocenters. The molecule has 0 radical (unpaired) electrons. The molecule has 2 heteroatoms. The first-order valence-corrected chi connectivity index (χ1v) is 7.52. The van der Waals surface area contributed by atoms with Gasteiger partial charge in [-0.25, -0.2) is 0 Å². The SMILES string of the molecule is CCCNC(CCc1cccnc1)C1CCCC1. The standard InChI is InChI=1S/C16H26N2/c1-2-11-18-16(15-7-3-4-8-15)10-9-14-6-5-12-17-13-14/h5-6,12-13,15-16,18H,2-4,7-11H2,1H3. The Hall–Kier alpha value is -0.890. The second-order valence-corrected chi connectivity index (χ2v) is 5.51. The maximum atomic E-state index is 4.20. The summed E-state index contributed by atoms with van der Waals surface area (Å²) in [6.45, 7) is 3.41. The van der Waals surface area contributed by atoms with Crippen LogP contribution in [0.1, 0.15) is 51.0 Å². The third-order valence-electron chi connectivity index (χ3n) is 4.09. The molecular formula is C16H26N2. The van der Waals surface area contributed by atoms with Gasteiger partial charge in [-0.3, -0.25) is 4.98 Å². The van der Waals surface area contributed by atoms with Crippen LogP contribution in [0.2, 0.25) is 0 Å². The Morgan fingerprint density at radius 1 is 1.39 bits per heavy atom. The molecule has 0 aliphatic heterocycles. The highest BCUT2D eigenvalue weighted by Gasteiger charge is 2.23. The van der Waals surface area contributed by atoms with Gasteiger partial charge in [0, 0.05) is 18.4 Å². The van der Waals surface area contributed by atoms with E-state index >= 15 is 0 Å². The topological polar surface area (TPSA) is 24.9 Å². The zero-order valence-electron chi connectivity index (χ0n) is 11.6. The first-order valence-electron chi connectivity index (χ1n) is 7.52. The van der Waals surface area contributed by atoms with Gasteiger partial charge in [0.2, 0.25) is 0 Å². The fraction of sp³-hybridized carbons (Fsp3) is 0.688. The van der Waals surface area contributed by atoms with Gasteiger partial charge in [-0.1, -0.05) is 25.8 Å². The maximum absolute atomic E-state index is 4.20. The predicted molar refractivity (Wildman–Crippen MR) is 76.6 cm³/mol. The lowest BCUT2D eigenvalue weighted by Crippen LogP contribution is -2.36. The number of nitrogens with one attached hydrogen (secondary N) is 1. The molecule has 0 spiro atoms. The van der Waals surface area contributed by atoms with Crippen molar-refractivity contribution in [3.8, 4) is 0 Å². The van der Waals surface area contributed by atoms with Crippen molar-refractivity contribution in [2.24, 2.45) is 5.92 Å². The van der Waals surface area contributed by atoms with E-state index in [2.05, 4.69) is 23.3 Å². The molecule has 0 amide bonds. The third kappa shape index (κ3) is 4.09. The van der Waals surface area contributed by atoms with Crippen molar-refractivity contribution in [3.05, 3.63) is 30.1 Å². The number of hydrogen-bond acceptors (Lipinski definition) is 2. The lowest BCUT2D eigenvalue weighted by atomic mass is 9.92. The molecule has 1 aromatic heterocycles. The molecule has 1 saturated carbocycles. The van der Waals surface area contributed by atoms with Gasteiger partial charge < -0.3 is 5.32 Å². The van der Waals surface area contributed by atoms with Crippen LogP contribution in [0.3, 0.4) is 0 Å². The molecule has 100 valence electrons. The van der Waals surface area contributed by atoms with E-state index in [1.165, 1.54) is 44.1 Å². The number of aromatic nitrogens is 1. The molecule has 1 fully saturated rings. The minimum absolute atomic E-state index is 0.715. The van der Waals surface area contributed by atoms with Crippen molar-refractivity contribution in [2.75, 3.05) is 6.54 Å². The van der Waals surface area contributed by atoms with Crippen molar-refractivity contribution >= 4 is 0 Å².